The second-order valence-corrected chi connectivity index (χ2v) is 5.22. The fraction of sp³-hybridized carbons (Fsp3) is 0. The molecule has 2 N–H and O–H groups in total. The molecule has 0 bridgehead atoms. The zero-order valence-corrected chi connectivity index (χ0v) is 10.4. The number of hydrogen-bond acceptors (Lipinski definition) is 3. The molecule has 2 nitrogen and oxygen atoms in total. The lowest BCUT2D eigenvalue weighted by Crippen LogP contribution is -1.83. The third kappa shape index (κ3) is 1.99. The summed E-state index contributed by atoms with van der Waals surface area (Å²) in [6, 6.07) is 13.5. The van der Waals surface area contributed by atoms with E-state index in [9.17, 15) is 0 Å². The van der Waals surface area contributed by atoms with E-state index >= 15 is 0 Å². The van der Waals surface area contributed by atoms with Crippen molar-refractivity contribution in [2.75, 3.05) is 5.73 Å². The number of halogens is 1. The Hall–Kier alpha value is -1.58. The highest BCUT2D eigenvalue weighted by Gasteiger charge is 2.06. The van der Waals surface area contributed by atoms with Gasteiger partial charge in [0.1, 0.15) is 5.01 Å². The molecule has 0 saturated carbocycles. The number of nitrogen functional groups attached to an aromatic ring is 1. The Balaban J connectivity index is 2.14. The topological polar surface area (TPSA) is 38.9 Å². The lowest BCUT2D eigenvalue weighted by molar-refractivity contribution is 1.48. The minimum Gasteiger partial charge on any atom is -0.399 e. The number of anilines is 1. The molecular formula is C13H9ClN2S. The summed E-state index contributed by atoms with van der Waals surface area (Å²) in [5.41, 5.74) is 8.49. The summed E-state index contributed by atoms with van der Waals surface area (Å²) in [5, 5.41) is 1.73. The summed E-state index contributed by atoms with van der Waals surface area (Å²) in [7, 11) is 0. The standard InChI is InChI=1S/C13H9ClN2S/c14-9-3-6-11-12(7-9)17-13(16-11)8-1-4-10(15)5-2-8/h1-7H,15H2. The van der Waals surface area contributed by atoms with Crippen molar-refractivity contribution in [3.8, 4) is 10.6 Å². The number of thiazole rings is 1. The molecule has 2 aromatic carbocycles. The van der Waals surface area contributed by atoms with Gasteiger partial charge in [0, 0.05) is 16.3 Å². The maximum Gasteiger partial charge on any atom is 0.124 e. The van der Waals surface area contributed by atoms with Crippen LogP contribution in [0.1, 0.15) is 0 Å². The largest absolute Gasteiger partial charge is 0.399 e. The van der Waals surface area contributed by atoms with Gasteiger partial charge in [0.15, 0.2) is 0 Å². The van der Waals surface area contributed by atoms with E-state index in [1.807, 2.05) is 42.5 Å². The second kappa shape index (κ2) is 4.02. The van der Waals surface area contributed by atoms with Crippen molar-refractivity contribution < 1.29 is 0 Å². The van der Waals surface area contributed by atoms with Gasteiger partial charge >= 0.3 is 0 Å². The van der Waals surface area contributed by atoms with E-state index in [0.29, 0.717) is 0 Å². The van der Waals surface area contributed by atoms with Gasteiger partial charge in [0.2, 0.25) is 0 Å². The Labute approximate surface area is 108 Å². The monoisotopic (exact) mass is 260 g/mol. The zero-order valence-electron chi connectivity index (χ0n) is 8.85. The van der Waals surface area contributed by atoms with Crippen LogP contribution >= 0.6 is 22.9 Å². The highest BCUT2D eigenvalue weighted by Crippen LogP contribution is 2.31. The molecule has 0 fully saturated rings. The van der Waals surface area contributed by atoms with Crippen LogP contribution in [-0.4, -0.2) is 4.98 Å². The highest BCUT2D eigenvalue weighted by molar-refractivity contribution is 7.21. The molecule has 0 unspecified atom stereocenters. The number of rotatable bonds is 1. The van der Waals surface area contributed by atoms with E-state index in [4.69, 9.17) is 17.3 Å². The van der Waals surface area contributed by atoms with Gasteiger partial charge in [-0.1, -0.05) is 11.6 Å². The van der Waals surface area contributed by atoms with Crippen molar-refractivity contribution in [2.45, 2.75) is 0 Å². The summed E-state index contributed by atoms with van der Waals surface area (Å²) in [5.74, 6) is 0. The van der Waals surface area contributed by atoms with Crippen molar-refractivity contribution in [3.05, 3.63) is 47.5 Å². The minimum atomic E-state index is 0.741. The van der Waals surface area contributed by atoms with Crippen LogP contribution in [0.25, 0.3) is 20.8 Å². The molecule has 0 spiro atoms. The third-order valence-electron chi connectivity index (χ3n) is 2.51. The smallest absolute Gasteiger partial charge is 0.124 e. The zero-order chi connectivity index (χ0) is 11.8. The first kappa shape index (κ1) is 10.6. The molecule has 0 aliphatic rings. The molecule has 17 heavy (non-hydrogen) atoms. The Bertz CT molecular complexity index is 673. The first-order valence-electron chi connectivity index (χ1n) is 5.14. The van der Waals surface area contributed by atoms with Gasteiger partial charge in [0.25, 0.3) is 0 Å². The minimum absolute atomic E-state index is 0.741. The number of fused-ring (bicyclic) bond motifs is 1. The van der Waals surface area contributed by atoms with E-state index in [2.05, 4.69) is 4.98 Å². The van der Waals surface area contributed by atoms with E-state index in [-0.39, 0.29) is 0 Å². The quantitative estimate of drug-likeness (QED) is 0.666. The van der Waals surface area contributed by atoms with Crippen LogP contribution in [0.4, 0.5) is 5.69 Å². The van der Waals surface area contributed by atoms with Crippen molar-refractivity contribution in [1.29, 1.82) is 0 Å². The summed E-state index contributed by atoms with van der Waals surface area (Å²) in [6.07, 6.45) is 0. The molecule has 1 heterocycles. The number of aromatic nitrogens is 1. The summed E-state index contributed by atoms with van der Waals surface area (Å²) in [6.45, 7) is 0. The molecule has 1 aromatic heterocycles. The van der Waals surface area contributed by atoms with Crippen LogP contribution in [0.15, 0.2) is 42.5 Å². The van der Waals surface area contributed by atoms with Gasteiger partial charge in [-0.3, -0.25) is 0 Å². The van der Waals surface area contributed by atoms with Gasteiger partial charge in [0.05, 0.1) is 10.2 Å². The first-order chi connectivity index (χ1) is 8.22. The molecule has 4 heteroatoms. The van der Waals surface area contributed by atoms with Gasteiger partial charge in [-0.15, -0.1) is 11.3 Å². The molecule has 84 valence electrons. The second-order valence-electron chi connectivity index (χ2n) is 3.75. The molecule has 3 rings (SSSR count). The molecule has 0 radical (unpaired) electrons. The fourth-order valence-corrected chi connectivity index (χ4v) is 2.89. The summed E-state index contributed by atoms with van der Waals surface area (Å²) < 4.78 is 1.10. The number of nitrogens with two attached hydrogens (primary N) is 1. The summed E-state index contributed by atoms with van der Waals surface area (Å²) in [4.78, 5) is 4.57. The highest BCUT2D eigenvalue weighted by atomic mass is 35.5. The fourth-order valence-electron chi connectivity index (χ4n) is 1.65. The van der Waals surface area contributed by atoms with Gasteiger partial charge in [-0.2, -0.15) is 0 Å². The lowest BCUT2D eigenvalue weighted by atomic mass is 10.2. The average molecular weight is 261 g/mol. The molecule has 0 amide bonds. The Kier molecular flexibility index (Phi) is 2.50. The third-order valence-corrected chi connectivity index (χ3v) is 3.81. The van der Waals surface area contributed by atoms with Gasteiger partial charge in [-0.05, 0) is 42.5 Å². The number of nitrogens with zero attached hydrogens (tertiary/aromatic N) is 1. The maximum atomic E-state index is 5.96. The normalized spacial score (nSPS) is 10.9. The molecule has 0 atom stereocenters. The first-order valence-corrected chi connectivity index (χ1v) is 6.34. The van der Waals surface area contributed by atoms with Gasteiger partial charge < -0.3 is 5.73 Å². The van der Waals surface area contributed by atoms with Gasteiger partial charge in [-0.25, -0.2) is 4.98 Å². The van der Waals surface area contributed by atoms with E-state index in [0.717, 1.165) is 31.5 Å². The lowest BCUT2D eigenvalue weighted by Gasteiger charge is -1.95. The van der Waals surface area contributed by atoms with Crippen LogP contribution in [0.5, 0.6) is 0 Å². The Morgan fingerprint density at radius 2 is 1.82 bits per heavy atom. The van der Waals surface area contributed by atoms with Crippen LogP contribution in [0.3, 0.4) is 0 Å². The van der Waals surface area contributed by atoms with Crippen LogP contribution < -0.4 is 5.73 Å². The predicted molar refractivity (Wildman–Crippen MR) is 74.5 cm³/mol. The van der Waals surface area contributed by atoms with Crippen LogP contribution in [0, 0.1) is 0 Å². The van der Waals surface area contributed by atoms with Crippen LogP contribution in [-0.2, 0) is 0 Å². The number of hydrogen-bond donors (Lipinski definition) is 1. The van der Waals surface area contributed by atoms with Crippen molar-refractivity contribution >= 4 is 38.8 Å². The van der Waals surface area contributed by atoms with E-state index in [1.165, 1.54) is 0 Å². The molecular weight excluding hydrogens is 252 g/mol. The van der Waals surface area contributed by atoms with Crippen molar-refractivity contribution in [2.24, 2.45) is 0 Å². The van der Waals surface area contributed by atoms with E-state index in [1.54, 1.807) is 11.3 Å². The van der Waals surface area contributed by atoms with Crippen molar-refractivity contribution in [1.82, 2.24) is 4.98 Å². The molecule has 0 aliphatic heterocycles. The Morgan fingerprint density at radius 1 is 1.06 bits per heavy atom. The average Bonchev–Trinajstić information content (AvgIpc) is 2.72. The predicted octanol–water partition coefficient (Wildman–Crippen LogP) is 4.20. The summed E-state index contributed by atoms with van der Waals surface area (Å²) >= 11 is 7.59. The molecule has 3 aromatic rings. The Morgan fingerprint density at radius 3 is 2.59 bits per heavy atom. The van der Waals surface area contributed by atoms with Crippen LogP contribution in [0.2, 0.25) is 5.02 Å². The number of benzene rings is 2. The molecule has 0 aliphatic carbocycles. The molecule has 0 saturated heterocycles. The SMILES string of the molecule is Nc1ccc(-c2nc3ccc(Cl)cc3s2)cc1. The van der Waals surface area contributed by atoms with Crippen molar-refractivity contribution in [3.63, 3.8) is 0 Å². The maximum absolute atomic E-state index is 5.96. The van der Waals surface area contributed by atoms with E-state index < -0.39 is 0 Å².